The molecule has 0 spiro atoms. The maximum atomic E-state index is 12.2. The highest BCUT2D eigenvalue weighted by Crippen LogP contribution is 2.34. The lowest BCUT2D eigenvalue weighted by atomic mass is 10.2. The van der Waals surface area contributed by atoms with Crippen LogP contribution in [0.15, 0.2) is 28.7 Å². The first-order valence-electron chi connectivity index (χ1n) is 4.89. The highest BCUT2D eigenvalue weighted by molar-refractivity contribution is 7.80. The van der Waals surface area contributed by atoms with Gasteiger partial charge >= 0.3 is 6.18 Å². The molecular formula is C11H8F3NO2S. The number of alkyl halides is 3. The highest BCUT2D eigenvalue weighted by Gasteiger charge is 2.30. The topological polar surface area (TPSA) is 48.4 Å². The van der Waals surface area contributed by atoms with Crippen LogP contribution >= 0.6 is 12.2 Å². The van der Waals surface area contributed by atoms with Crippen molar-refractivity contribution < 1.29 is 22.3 Å². The summed E-state index contributed by atoms with van der Waals surface area (Å²) in [5.74, 6) is -0.120. The molecule has 0 saturated carbocycles. The van der Waals surface area contributed by atoms with E-state index in [0.717, 1.165) is 0 Å². The van der Waals surface area contributed by atoms with Gasteiger partial charge in [0, 0.05) is 0 Å². The summed E-state index contributed by atoms with van der Waals surface area (Å²) in [6.45, 7) is -1.42. The second kappa shape index (κ2) is 4.49. The van der Waals surface area contributed by atoms with Crippen LogP contribution in [0.5, 0.6) is 5.75 Å². The molecule has 1 aromatic carbocycles. The maximum Gasteiger partial charge on any atom is 0.422 e. The van der Waals surface area contributed by atoms with E-state index in [9.17, 15) is 13.2 Å². The zero-order chi connectivity index (χ0) is 13.3. The Morgan fingerprint density at radius 1 is 1.33 bits per heavy atom. The van der Waals surface area contributed by atoms with Gasteiger partial charge in [-0.05, 0) is 12.1 Å². The Kier molecular flexibility index (Phi) is 3.16. The largest absolute Gasteiger partial charge is 0.479 e. The van der Waals surface area contributed by atoms with Crippen LogP contribution in [0.2, 0.25) is 0 Å². The molecule has 0 amide bonds. The third-order valence-corrected chi connectivity index (χ3v) is 2.34. The van der Waals surface area contributed by atoms with E-state index in [1.807, 2.05) is 0 Å². The molecule has 96 valence electrons. The SMILES string of the molecule is NC(=S)c1oc2ccccc2c1OCC(F)(F)F. The Morgan fingerprint density at radius 2 is 2.00 bits per heavy atom. The summed E-state index contributed by atoms with van der Waals surface area (Å²) in [6.07, 6.45) is -4.44. The van der Waals surface area contributed by atoms with Crippen molar-refractivity contribution in [3.8, 4) is 5.75 Å². The van der Waals surface area contributed by atoms with Gasteiger partial charge in [-0.15, -0.1) is 0 Å². The molecule has 0 aliphatic rings. The lowest BCUT2D eigenvalue weighted by Gasteiger charge is -2.08. The minimum Gasteiger partial charge on any atom is -0.479 e. The zero-order valence-corrected chi connectivity index (χ0v) is 9.77. The number of hydrogen-bond donors (Lipinski definition) is 1. The van der Waals surface area contributed by atoms with E-state index in [2.05, 4.69) is 0 Å². The summed E-state index contributed by atoms with van der Waals surface area (Å²) in [5, 5.41) is 0.407. The Hall–Kier alpha value is -1.76. The summed E-state index contributed by atoms with van der Waals surface area (Å²) < 4.78 is 46.5. The molecule has 0 aliphatic carbocycles. The predicted octanol–water partition coefficient (Wildman–Crippen LogP) is 3.01. The van der Waals surface area contributed by atoms with Gasteiger partial charge < -0.3 is 14.9 Å². The minimum atomic E-state index is -4.44. The average molecular weight is 275 g/mol. The lowest BCUT2D eigenvalue weighted by molar-refractivity contribution is -0.153. The predicted molar refractivity (Wildman–Crippen MR) is 63.7 cm³/mol. The molecule has 2 N–H and O–H groups in total. The molecule has 1 aromatic heterocycles. The summed E-state index contributed by atoms with van der Waals surface area (Å²) >= 11 is 4.72. The van der Waals surface area contributed by atoms with Crippen LogP contribution in [-0.2, 0) is 0 Å². The van der Waals surface area contributed by atoms with Gasteiger partial charge in [0.15, 0.2) is 12.4 Å². The average Bonchev–Trinajstić information content (AvgIpc) is 2.64. The number of halogens is 3. The number of nitrogens with two attached hydrogens (primary N) is 1. The fourth-order valence-electron chi connectivity index (χ4n) is 1.48. The molecule has 2 rings (SSSR count). The molecule has 0 radical (unpaired) electrons. The first-order valence-corrected chi connectivity index (χ1v) is 5.30. The minimum absolute atomic E-state index is 0.0459. The number of thiocarbonyl (C=S) groups is 1. The normalized spacial score (nSPS) is 11.7. The van der Waals surface area contributed by atoms with Gasteiger partial charge in [0.1, 0.15) is 10.6 Å². The van der Waals surface area contributed by atoms with Gasteiger partial charge in [-0.3, -0.25) is 0 Å². The third kappa shape index (κ3) is 2.56. The number of rotatable bonds is 3. The fraction of sp³-hybridized carbons (Fsp3) is 0.182. The monoisotopic (exact) mass is 275 g/mol. The summed E-state index contributed by atoms with van der Waals surface area (Å²) in [6, 6.07) is 6.51. The van der Waals surface area contributed by atoms with Crippen LogP contribution in [0.4, 0.5) is 13.2 Å². The van der Waals surface area contributed by atoms with E-state index < -0.39 is 12.8 Å². The van der Waals surface area contributed by atoms with Gasteiger partial charge in [-0.1, -0.05) is 24.4 Å². The molecule has 0 atom stereocenters. The molecule has 0 saturated heterocycles. The van der Waals surface area contributed by atoms with Crippen LogP contribution in [0.3, 0.4) is 0 Å². The molecule has 18 heavy (non-hydrogen) atoms. The zero-order valence-electron chi connectivity index (χ0n) is 8.95. The Labute approximate surface area is 105 Å². The molecular weight excluding hydrogens is 267 g/mol. The van der Waals surface area contributed by atoms with Crippen molar-refractivity contribution in [2.24, 2.45) is 5.73 Å². The van der Waals surface area contributed by atoms with E-state index in [-0.39, 0.29) is 16.5 Å². The van der Waals surface area contributed by atoms with Gasteiger partial charge in [0.25, 0.3) is 0 Å². The summed E-state index contributed by atoms with van der Waals surface area (Å²) in [7, 11) is 0. The molecule has 7 heteroatoms. The fourth-order valence-corrected chi connectivity index (χ4v) is 1.62. The first-order chi connectivity index (χ1) is 8.38. The first kappa shape index (κ1) is 12.7. The molecule has 3 nitrogen and oxygen atoms in total. The number of ether oxygens (including phenoxy) is 1. The number of benzene rings is 1. The third-order valence-electron chi connectivity index (χ3n) is 2.15. The van der Waals surface area contributed by atoms with Crippen molar-refractivity contribution in [1.82, 2.24) is 0 Å². The number of para-hydroxylation sites is 1. The van der Waals surface area contributed by atoms with E-state index in [1.165, 1.54) is 0 Å². The molecule has 1 heterocycles. The maximum absolute atomic E-state index is 12.2. The molecule has 0 aliphatic heterocycles. The van der Waals surface area contributed by atoms with Crippen LogP contribution in [-0.4, -0.2) is 17.8 Å². The molecule has 2 aromatic rings. The quantitative estimate of drug-likeness (QED) is 0.875. The molecule has 0 unspecified atom stereocenters. The summed E-state index contributed by atoms with van der Waals surface area (Å²) in [4.78, 5) is -0.150. The Morgan fingerprint density at radius 3 is 2.61 bits per heavy atom. The standard InChI is InChI=1S/C11H8F3NO2S/c12-11(13,14)5-16-8-6-3-1-2-4-7(6)17-9(8)10(15)18/h1-4H,5H2,(H2,15,18). The van der Waals surface area contributed by atoms with Gasteiger partial charge in [0.05, 0.1) is 5.39 Å². The van der Waals surface area contributed by atoms with Crippen molar-refractivity contribution in [2.75, 3.05) is 6.61 Å². The van der Waals surface area contributed by atoms with E-state index in [1.54, 1.807) is 24.3 Å². The molecule has 0 fully saturated rings. The van der Waals surface area contributed by atoms with Gasteiger partial charge in [0.2, 0.25) is 5.76 Å². The number of hydrogen-bond acceptors (Lipinski definition) is 3. The van der Waals surface area contributed by atoms with Gasteiger partial charge in [-0.25, -0.2) is 0 Å². The Balaban J connectivity index is 2.45. The number of furan rings is 1. The second-order valence-electron chi connectivity index (χ2n) is 3.52. The van der Waals surface area contributed by atoms with Crippen LogP contribution in [0.25, 0.3) is 11.0 Å². The van der Waals surface area contributed by atoms with Crippen molar-refractivity contribution in [2.45, 2.75) is 6.18 Å². The van der Waals surface area contributed by atoms with E-state index >= 15 is 0 Å². The van der Waals surface area contributed by atoms with E-state index in [0.29, 0.717) is 11.0 Å². The van der Waals surface area contributed by atoms with Crippen molar-refractivity contribution >= 4 is 28.2 Å². The number of fused-ring (bicyclic) bond motifs is 1. The van der Waals surface area contributed by atoms with Gasteiger partial charge in [-0.2, -0.15) is 13.2 Å². The Bertz CT molecular complexity index is 591. The van der Waals surface area contributed by atoms with E-state index in [4.69, 9.17) is 27.1 Å². The molecule has 0 bridgehead atoms. The van der Waals surface area contributed by atoms with Crippen LogP contribution in [0, 0.1) is 0 Å². The summed E-state index contributed by atoms with van der Waals surface area (Å²) in [5.41, 5.74) is 5.77. The lowest BCUT2D eigenvalue weighted by Crippen LogP contribution is -2.20. The smallest absolute Gasteiger partial charge is 0.422 e. The second-order valence-corrected chi connectivity index (χ2v) is 3.96. The van der Waals surface area contributed by atoms with Crippen molar-refractivity contribution in [3.63, 3.8) is 0 Å². The van der Waals surface area contributed by atoms with Crippen molar-refractivity contribution in [1.29, 1.82) is 0 Å². The van der Waals surface area contributed by atoms with Crippen molar-refractivity contribution in [3.05, 3.63) is 30.0 Å². The van der Waals surface area contributed by atoms with Crippen LogP contribution < -0.4 is 10.5 Å². The highest BCUT2D eigenvalue weighted by atomic mass is 32.1. The van der Waals surface area contributed by atoms with Crippen LogP contribution in [0.1, 0.15) is 5.76 Å².